The molecular formula is C24H34N4O6S. The van der Waals surface area contributed by atoms with Crippen LogP contribution in [0.15, 0.2) is 24.3 Å². The Kier molecular flexibility index (Phi) is 12.1. The molecule has 2 atom stereocenters. The van der Waals surface area contributed by atoms with E-state index in [4.69, 9.17) is 9.47 Å². The third-order valence-corrected chi connectivity index (χ3v) is 4.91. The van der Waals surface area contributed by atoms with E-state index in [1.165, 1.54) is 0 Å². The number of nitrogens with zero attached hydrogens (tertiary/aromatic N) is 2. The number of aryl methyl sites for hydroxylation is 1. The Morgan fingerprint density at radius 2 is 1.91 bits per heavy atom. The topological polar surface area (TPSA) is 138 Å². The summed E-state index contributed by atoms with van der Waals surface area (Å²) < 4.78 is 10.1. The molecule has 0 aliphatic rings. The summed E-state index contributed by atoms with van der Waals surface area (Å²) in [7, 11) is 0. The average Bonchev–Trinajstić information content (AvgIpc) is 2.75. The fourth-order valence-corrected chi connectivity index (χ4v) is 3.39. The molecule has 35 heavy (non-hydrogen) atoms. The van der Waals surface area contributed by atoms with Crippen LogP contribution in [-0.4, -0.2) is 65.9 Å². The van der Waals surface area contributed by atoms with Crippen LogP contribution in [0.2, 0.25) is 0 Å². The fourth-order valence-electron chi connectivity index (χ4n) is 3.14. The quantitative estimate of drug-likeness (QED) is 0.238. The molecule has 1 aromatic rings. The highest BCUT2D eigenvalue weighted by Gasteiger charge is 2.35. The SMILES string of the molecule is CCOC(=O)CCNC(=O)C(c1cccc(C)c1)N(CC#N)C(=O)C(CS)NC(=O)OC(C)(C)C. The van der Waals surface area contributed by atoms with Crippen molar-refractivity contribution in [3.05, 3.63) is 35.4 Å². The Bertz CT molecular complexity index is 941. The third-order valence-electron chi connectivity index (χ3n) is 4.55. The molecule has 0 aliphatic heterocycles. The van der Waals surface area contributed by atoms with Crippen LogP contribution >= 0.6 is 12.6 Å². The minimum absolute atomic E-state index is 0.0132. The molecule has 0 radical (unpaired) electrons. The number of carbonyl (C=O) groups excluding carboxylic acids is 4. The summed E-state index contributed by atoms with van der Waals surface area (Å²) in [4.78, 5) is 51.7. The van der Waals surface area contributed by atoms with E-state index in [-0.39, 0.29) is 25.3 Å². The Morgan fingerprint density at radius 1 is 1.23 bits per heavy atom. The van der Waals surface area contributed by atoms with Gasteiger partial charge in [-0.05, 0) is 40.2 Å². The molecule has 10 nitrogen and oxygen atoms in total. The van der Waals surface area contributed by atoms with Crippen molar-refractivity contribution in [3.8, 4) is 6.07 Å². The normalized spacial score (nSPS) is 12.5. The maximum Gasteiger partial charge on any atom is 0.408 e. The number of benzene rings is 1. The zero-order valence-electron chi connectivity index (χ0n) is 20.8. The van der Waals surface area contributed by atoms with Gasteiger partial charge in [0.05, 0.1) is 19.1 Å². The first-order valence-electron chi connectivity index (χ1n) is 11.2. The van der Waals surface area contributed by atoms with Gasteiger partial charge in [0.25, 0.3) is 0 Å². The number of carbonyl (C=O) groups is 4. The number of rotatable bonds is 11. The molecule has 2 N–H and O–H groups in total. The van der Waals surface area contributed by atoms with Gasteiger partial charge in [-0.1, -0.05) is 29.8 Å². The van der Waals surface area contributed by atoms with Gasteiger partial charge in [0.2, 0.25) is 11.8 Å². The summed E-state index contributed by atoms with van der Waals surface area (Å²) in [6.07, 6.45) is -0.876. The summed E-state index contributed by atoms with van der Waals surface area (Å²) >= 11 is 4.17. The van der Waals surface area contributed by atoms with E-state index in [9.17, 15) is 24.4 Å². The average molecular weight is 507 g/mol. The molecule has 0 aliphatic carbocycles. The number of esters is 1. The van der Waals surface area contributed by atoms with Gasteiger partial charge in [0.1, 0.15) is 24.2 Å². The lowest BCUT2D eigenvalue weighted by molar-refractivity contribution is -0.144. The first-order chi connectivity index (χ1) is 16.4. The van der Waals surface area contributed by atoms with Crippen molar-refractivity contribution in [3.63, 3.8) is 0 Å². The predicted octanol–water partition coefficient (Wildman–Crippen LogP) is 2.28. The predicted molar refractivity (Wildman–Crippen MR) is 133 cm³/mol. The summed E-state index contributed by atoms with van der Waals surface area (Å²) in [5.41, 5.74) is 0.523. The molecular weight excluding hydrogens is 472 g/mol. The molecule has 192 valence electrons. The van der Waals surface area contributed by atoms with E-state index in [0.29, 0.717) is 5.56 Å². The number of thiol groups is 1. The van der Waals surface area contributed by atoms with Crippen LogP contribution in [0.4, 0.5) is 4.79 Å². The third kappa shape index (κ3) is 10.3. The van der Waals surface area contributed by atoms with Gasteiger partial charge in [0, 0.05) is 12.3 Å². The van der Waals surface area contributed by atoms with Crippen LogP contribution in [0.1, 0.15) is 51.3 Å². The van der Waals surface area contributed by atoms with Crippen molar-refractivity contribution in [1.29, 1.82) is 5.26 Å². The monoisotopic (exact) mass is 506 g/mol. The molecule has 1 aromatic carbocycles. The standard InChI is InChI=1S/C24H34N4O6S/c1-6-33-19(29)10-12-26-21(30)20(17-9-7-8-16(2)14-17)28(13-11-25)22(31)18(15-35)27-23(32)34-24(3,4)5/h7-9,14,18,20,35H,6,10,12-13,15H2,1-5H3,(H,26,30)(H,27,32). The minimum atomic E-state index is -1.19. The summed E-state index contributed by atoms with van der Waals surface area (Å²) in [6, 6.07) is 6.52. The van der Waals surface area contributed by atoms with E-state index >= 15 is 0 Å². The van der Waals surface area contributed by atoms with Gasteiger partial charge in [-0.3, -0.25) is 14.4 Å². The van der Waals surface area contributed by atoms with Gasteiger partial charge in [-0.2, -0.15) is 17.9 Å². The van der Waals surface area contributed by atoms with Crippen molar-refractivity contribution < 1.29 is 28.7 Å². The molecule has 0 saturated heterocycles. The van der Waals surface area contributed by atoms with Crippen molar-refractivity contribution in [2.45, 2.75) is 58.7 Å². The van der Waals surface area contributed by atoms with E-state index in [1.807, 2.05) is 19.1 Å². The number of hydrogen-bond donors (Lipinski definition) is 3. The van der Waals surface area contributed by atoms with Crippen LogP contribution in [0, 0.1) is 18.3 Å². The van der Waals surface area contributed by atoms with Crippen molar-refractivity contribution in [1.82, 2.24) is 15.5 Å². The van der Waals surface area contributed by atoms with E-state index in [2.05, 4.69) is 23.3 Å². The second-order valence-electron chi connectivity index (χ2n) is 8.67. The van der Waals surface area contributed by atoms with Crippen LogP contribution < -0.4 is 10.6 Å². The molecule has 0 aromatic heterocycles. The lowest BCUT2D eigenvalue weighted by Gasteiger charge is -2.32. The van der Waals surface area contributed by atoms with Crippen molar-refractivity contribution in [2.75, 3.05) is 25.4 Å². The van der Waals surface area contributed by atoms with E-state index < -0.39 is 48.1 Å². The van der Waals surface area contributed by atoms with Crippen LogP contribution in [0.3, 0.4) is 0 Å². The number of ether oxygens (including phenoxy) is 2. The molecule has 2 unspecified atom stereocenters. The molecule has 0 heterocycles. The van der Waals surface area contributed by atoms with Gasteiger partial charge < -0.3 is 25.0 Å². The zero-order valence-corrected chi connectivity index (χ0v) is 21.7. The molecule has 0 fully saturated rings. The maximum absolute atomic E-state index is 13.4. The highest BCUT2D eigenvalue weighted by molar-refractivity contribution is 7.80. The summed E-state index contributed by atoms with van der Waals surface area (Å²) in [5.74, 6) is -1.83. The lowest BCUT2D eigenvalue weighted by atomic mass is 10.0. The second kappa shape index (κ2) is 14.2. The maximum atomic E-state index is 13.4. The van der Waals surface area contributed by atoms with Crippen LogP contribution in [0.5, 0.6) is 0 Å². The van der Waals surface area contributed by atoms with Crippen LogP contribution in [0.25, 0.3) is 0 Å². The zero-order chi connectivity index (χ0) is 26.6. The van der Waals surface area contributed by atoms with E-state index in [1.54, 1.807) is 45.9 Å². The fraction of sp³-hybridized carbons (Fsp3) is 0.542. The van der Waals surface area contributed by atoms with Gasteiger partial charge >= 0.3 is 12.1 Å². The lowest BCUT2D eigenvalue weighted by Crippen LogP contribution is -2.54. The summed E-state index contributed by atoms with van der Waals surface area (Å²) in [5, 5.41) is 14.5. The molecule has 0 saturated carbocycles. The number of amides is 3. The van der Waals surface area contributed by atoms with E-state index in [0.717, 1.165) is 10.5 Å². The highest BCUT2D eigenvalue weighted by atomic mass is 32.1. The molecule has 1 rings (SSSR count). The van der Waals surface area contributed by atoms with Gasteiger partial charge in [0.15, 0.2) is 0 Å². The Hall–Kier alpha value is -3.26. The molecule has 0 bridgehead atoms. The van der Waals surface area contributed by atoms with Crippen molar-refractivity contribution >= 4 is 36.5 Å². The molecule has 11 heteroatoms. The summed E-state index contributed by atoms with van der Waals surface area (Å²) in [6.45, 7) is 8.33. The Balaban J connectivity index is 3.24. The Morgan fingerprint density at radius 3 is 2.46 bits per heavy atom. The first kappa shape index (κ1) is 29.8. The van der Waals surface area contributed by atoms with Crippen molar-refractivity contribution in [2.24, 2.45) is 0 Å². The van der Waals surface area contributed by atoms with Gasteiger partial charge in [-0.15, -0.1) is 0 Å². The largest absolute Gasteiger partial charge is 0.466 e. The smallest absolute Gasteiger partial charge is 0.408 e. The van der Waals surface area contributed by atoms with Crippen LogP contribution in [-0.2, 0) is 23.9 Å². The second-order valence-corrected chi connectivity index (χ2v) is 9.03. The first-order valence-corrected chi connectivity index (χ1v) is 11.8. The molecule has 0 spiro atoms. The number of hydrogen-bond acceptors (Lipinski definition) is 8. The minimum Gasteiger partial charge on any atom is -0.466 e. The Labute approximate surface area is 211 Å². The number of nitriles is 1. The highest BCUT2D eigenvalue weighted by Crippen LogP contribution is 2.23. The number of alkyl carbamates (subject to hydrolysis) is 1. The molecule has 3 amide bonds. The van der Waals surface area contributed by atoms with Gasteiger partial charge in [-0.25, -0.2) is 4.79 Å². The number of nitrogens with one attached hydrogen (secondary N) is 2.